The molecule has 1 fully saturated rings. The lowest BCUT2D eigenvalue weighted by atomic mass is 9.75. The van der Waals surface area contributed by atoms with Gasteiger partial charge in [-0.1, -0.05) is 9.61 Å². The largest absolute Gasteiger partial charge is 0.591 e. The number of hydrogen-bond donors (Lipinski definition) is 1. The maximum atomic E-state index is 12.5. The van der Waals surface area contributed by atoms with Gasteiger partial charge in [-0.2, -0.15) is 0 Å². The molecule has 0 unspecified atom stereocenters. The third kappa shape index (κ3) is 2.83. The highest BCUT2D eigenvalue weighted by atomic mass is 32.2. The van der Waals surface area contributed by atoms with Crippen molar-refractivity contribution >= 4 is 23.2 Å². The number of nitrogens with zero attached hydrogens (tertiary/aromatic N) is 5. The first-order valence-electron chi connectivity index (χ1n) is 7.61. The molecule has 0 radical (unpaired) electrons. The van der Waals surface area contributed by atoms with Crippen molar-refractivity contribution in [2.75, 3.05) is 13.1 Å². The number of carbonyl (C=O) groups is 1. The molecule has 8 nitrogen and oxygen atoms in total. The Hall–Kier alpha value is -1.61. The smallest absolute Gasteiger partial charge is 0.407 e. The van der Waals surface area contributed by atoms with E-state index in [0.29, 0.717) is 32.5 Å². The molecule has 0 bridgehead atoms. The number of rotatable bonds is 1. The fourth-order valence-electron chi connectivity index (χ4n) is 3.08. The van der Waals surface area contributed by atoms with Crippen LogP contribution in [-0.4, -0.2) is 59.2 Å². The molecule has 3 heterocycles. The Morgan fingerprint density at radius 1 is 1.43 bits per heavy atom. The Morgan fingerprint density at radius 3 is 2.65 bits per heavy atom. The maximum absolute atomic E-state index is 12.5. The van der Waals surface area contributed by atoms with E-state index in [9.17, 15) is 9.35 Å². The monoisotopic (exact) mass is 339 g/mol. The van der Waals surface area contributed by atoms with Gasteiger partial charge in [-0.05, 0) is 33.6 Å². The van der Waals surface area contributed by atoms with Crippen molar-refractivity contribution in [3.8, 4) is 0 Å². The van der Waals surface area contributed by atoms with Crippen LogP contribution in [0.5, 0.6) is 0 Å². The second kappa shape index (κ2) is 5.48. The Kier molecular flexibility index (Phi) is 3.88. The van der Waals surface area contributed by atoms with E-state index < -0.39 is 22.2 Å². The molecule has 2 aliphatic heterocycles. The molecule has 9 heteroatoms. The van der Waals surface area contributed by atoms with Gasteiger partial charge in [0, 0.05) is 18.5 Å². The van der Waals surface area contributed by atoms with Gasteiger partial charge >= 0.3 is 6.09 Å². The molecule has 1 saturated heterocycles. The molecule has 0 aliphatic carbocycles. The van der Waals surface area contributed by atoms with Crippen molar-refractivity contribution < 1.29 is 14.5 Å². The zero-order valence-electron chi connectivity index (χ0n) is 13.5. The van der Waals surface area contributed by atoms with E-state index in [1.165, 1.54) is 4.90 Å². The standard InChI is InChI=1S/C14H21N5O3S/c1-13(2,3)23(22)16-11-10-8-15-17-19(10)9-14(11)4-6-18(7-5-14)12(20)21/h8H,4-7,9H2,1-3H3,(H,20,21)/b16-11+/t23-/m1/s1. The average Bonchev–Trinajstić information content (AvgIpc) is 3.00. The summed E-state index contributed by atoms with van der Waals surface area (Å²) in [6, 6.07) is 0. The summed E-state index contributed by atoms with van der Waals surface area (Å²) in [6.07, 6.45) is 2.07. The summed E-state index contributed by atoms with van der Waals surface area (Å²) in [6.45, 7) is 7.19. The zero-order valence-corrected chi connectivity index (χ0v) is 14.3. The van der Waals surface area contributed by atoms with E-state index in [0.717, 1.165) is 11.4 Å². The second-order valence-corrected chi connectivity index (χ2v) is 9.03. The highest BCUT2D eigenvalue weighted by molar-refractivity contribution is 7.91. The van der Waals surface area contributed by atoms with Crippen LogP contribution >= 0.6 is 0 Å². The third-order valence-electron chi connectivity index (χ3n) is 4.50. The molecule has 1 aromatic heterocycles. The molecule has 2 aliphatic rings. The maximum Gasteiger partial charge on any atom is 0.407 e. The highest BCUT2D eigenvalue weighted by Gasteiger charge is 2.49. The number of carboxylic acid groups (broad SMARTS) is 1. The lowest BCUT2D eigenvalue weighted by Crippen LogP contribution is -2.46. The molecule has 1 amide bonds. The Labute approximate surface area is 137 Å². The Balaban J connectivity index is 1.93. The zero-order chi connectivity index (χ0) is 16.8. The van der Waals surface area contributed by atoms with E-state index in [2.05, 4.69) is 14.7 Å². The lowest BCUT2D eigenvalue weighted by molar-refractivity contribution is 0.110. The lowest BCUT2D eigenvalue weighted by Gasteiger charge is -2.37. The van der Waals surface area contributed by atoms with Crippen molar-refractivity contribution in [1.29, 1.82) is 0 Å². The minimum Gasteiger partial charge on any atom is -0.591 e. The fourth-order valence-corrected chi connectivity index (χ4v) is 3.80. The predicted molar refractivity (Wildman–Crippen MR) is 85.7 cm³/mol. The third-order valence-corrected chi connectivity index (χ3v) is 5.90. The van der Waals surface area contributed by atoms with Crippen molar-refractivity contribution in [2.45, 2.75) is 44.9 Å². The molecule has 1 aromatic rings. The van der Waals surface area contributed by atoms with Gasteiger partial charge in [0.2, 0.25) is 0 Å². The van der Waals surface area contributed by atoms with Gasteiger partial charge in [-0.3, -0.25) is 0 Å². The van der Waals surface area contributed by atoms with E-state index in [-0.39, 0.29) is 5.41 Å². The summed E-state index contributed by atoms with van der Waals surface area (Å²) in [5.74, 6) is 0. The summed E-state index contributed by atoms with van der Waals surface area (Å²) in [7, 11) is 0. The minimum absolute atomic E-state index is 0.294. The molecule has 1 atom stereocenters. The van der Waals surface area contributed by atoms with Gasteiger partial charge < -0.3 is 14.6 Å². The van der Waals surface area contributed by atoms with Crippen LogP contribution in [0.15, 0.2) is 10.6 Å². The second-order valence-electron chi connectivity index (χ2n) is 7.13. The Morgan fingerprint density at radius 2 is 2.09 bits per heavy atom. The molecule has 126 valence electrons. The summed E-state index contributed by atoms with van der Waals surface area (Å²) in [5, 5.41) is 17.1. The first-order valence-corrected chi connectivity index (χ1v) is 8.71. The number of likely N-dealkylation sites (tertiary alicyclic amines) is 1. The van der Waals surface area contributed by atoms with E-state index in [1.54, 1.807) is 10.9 Å². The van der Waals surface area contributed by atoms with Gasteiger partial charge in [0.1, 0.15) is 27.5 Å². The van der Waals surface area contributed by atoms with Crippen LogP contribution in [0.2, 0.25) is 0 Å². The van der Waals surface area contributed by atoms with Gasteiger partial charge in [-0.15, -0.1) is 5.10 Å². The molecule has 1 spiro atoms. The van der Waals surface area contributed by atoms with Crippen LogP contribution in [0.1, 0.15) is 39.3 Å². The van der Waals surface area contributed by atoms with Crippen LogP contribution in [-0.2, 0) is 17.9 Å². The van der Waals surface area contributed by atoms with Gasteiger partial charge in [0.05, 0.1) is 12.7 Å². The number of piperidine rings is 1. The molecule has 0 aromatic carbocycles. The normalized spacial score (nSPS) is 23.3. The van der Waals surface area contributed by atoms with Crippen LogP contribution in [0.25, 0.3) is 0 Å². The van der Waals surface area contributed by atoms with Gasteiger partial charge in [0.15, 0.2) is 0 Å². The topological polar surface area (TPSA) is 107 Å². The molecule has 23 heavy (non-hydrogen) atoms. The first kappa shape index (κ1) is 16.3. The molecule has 3 rings (SSSR count). The quantitative estimate of drug-likeness (QED) is 0.776. The fraction of sp³-hybridized carbons (Fsp3) is 0.714. The van der Waals surface area contributed by atoms with Crippen molar-refractivity contribution in [2.24, 2.45) is 9.81 Å². The van der Waals surface area contributed by atoms with E-state index >= 15 is 0 Å². The van der Waals surface area contributed by atoms with Crippen molar-refractivity contribution in [3.63, 3.8) is 0 Å². The van der Waals surface area contributed by atoms with Gasteiger partial charge in [-0.25, -0.2) is 9.48 Å². The molecular formula is C14H21N5O3S. The van der Waals surface area contributed by atoms with E-state index in [4.69, 9.17) is 5.11 Å². The first-order chi connectivity index (χ1) is 10.7. The van der Waals surface area contributed by atoms with Gasteiger partial charge in [0.25, 0.3) is 0 Å². The summed E-state index contributed by atoms with van der Waals surface area (Å²) < 4.78 is 18.4. The SMILES string of the molecule is CC(C)(C)[S@@+]([O-])/N=C1\c2cnnn2CC12CCN(C(=O)O)CC2. The molecule has 0 saturated carbocycles. The van der Waals surface area contributed by atoms with Crippen LogP contribution in [0, 0.1) is 5.41 Å². The minimum atomic E-state index is -1.37. The van der Waals surface area contributed by atoms with E-state index in [1.807, 2.05) is 20.8 Å². The number of aromatic nitrogens is 3. The summed E-state index contributed by atoms with van der Waals surface area (Å²) >= 11 is -1.37. The molecule has 1 N–H and O–H groups in total. The van der Waals surface area contributed by atoms with Crippen molar-refractivity contribution in [3.05, 3.63) is 11.9 Å². The number of hydrogen-bond acceptors (Lipinski definition) is 5. The number of fused-ring (bicyclic) bond motifs is 1. The Bertz CT molecular complexity index is 643. The van der Waals surface area contributed by atoms with Crippen LogP contribution in [0.4, 0.5) is 4.79 Å². The predicted octanol–water partition coefficient (Wildman–Crippen LogP) is 1.30. The van der Waals surface area contributed by atoms with Crippen LogP contribution < -0.4 is 0 Å². The van der Waals surface area contributed by atoms with Crippen molar-refractivity contribution in [1.82, 2.24) is 19.9 Å². The summed E-state index contributed by atoms with van der Waals surface area (Å²) in [4.78, 5) is 12.6. The highest BCUT2D eigenvalue weighted by Crippen LogP contribution is 2.42. The average molecular weight is 339 g/mol. The summed E-state index contributed by atoms with van der Waals surface area (Å²) in [5.41, 5.74) is 1.27. The number of amides is 1. The molecular weight excluding hydrogens is 318 g/mol. The van der Waals surface area contributed by atoms with Crippen LogP contribution in [0.3, 0.4) is 0 Å².